The molecule has 13 heteroatoms. The molecule has 0 aliphatic carbocycles. The third kappa shape index (κ3) is 3.53. The number of hydrogen-bond acceptors (Lipinski definition) is 7. The molecular weight excluding hydrogens is 194 g/mol. The molecule has 0 aromatic rings. The van der Waals surface area contributed by atoms with Crippen molar-refractivity contribution in [2.45, 2.75) is 0 Å². The van der Waals surface area contributed by atoms with Gasteiger partial charge < -0.3 is 38.4 Å². The second kappa shape index (κ2) is 5.73. The molecule has 2 bridgehead atoms. The van der Waals surface area contributed by atoms with Gasteiger partial charge in [-0.25, -0.2) is 0 Å². The molecule has 2 rings (SSSR count). The van der Waals surface area contributed by atoms with E-state index in [4.69, 9.17) is 10.0 Å². The molecular formula is H5B4NaO8. The van der Waals surface area contributed by atoms with Crippen molar-refractivity contribution >= 4 is 58.8 Å². The van der Waals surface area contributed by atoms with Gasteiger partial charge in [0.25, 0.3) is 0 Å². The molecule has 0 saturated carbocycles. The number of hydrogen-bond donors (Lipinski definition) is 2. The maximum atomic E-state index is 8.74. The molecule has 2 fully saturated rings. The molecule has 0 spiro atoms. The molecule has 2 heterocycles. The predicted molar refractivity (Wildman–Crippen MR) is 43.6 cm³/mol. The molecule has 0 aromatic carbocycles. The van der Waals surface area contributed by atoms with Crippen LogP contribution in [0.4, 0.5) is 0 Å². The second-order valence-corrected chi connectivity index (χ2v) is 1.87. The standard InChI is InChI=1S/B4H2O7.Na.H2O.H/c5-1-7-3-9-2(6)10-4(8-1)11-3;;;/h5-6H;;1H2;. The summed E-state index contributed by atoms with van der Waals surface area (Å²) < 4.78 is 22.6. The van der Waals surface area contributed by atoms with E-state index in [0.29, 0.717) is 0 Å². The van der Waals surface area contributed by atoms with Gasteiger partial charge in [0.2, 0.25) is 0 Å². The SMILES string of the molecule is O.OB1OB2OB(O)OB(O1)O2.[NaH]. The Balaban J connectivity index is 0.000000720. The summed E-state index contributed by atoms with van der Waals surface area (Å²) in [5.74, 6) is 0. The molecule has 2 aliphatic rings. The first-order valence-electron chi connectivity index (χ1n) is 2.87. The summed E-state index contributed by atoms with van der Waals surface area (Å²) >= 11 is 0. The Labute approximate surface area is 97.1 Å². The van der Waals surface area contributed by atoms with E-state index in [-0.39, 0.29) is 35.0 Å². The van der Waals surface area contributed by atoms with Crippen molar-refractivity contribution < 1.29 is 38.4 Å². The molecule has 13 heavy (non-hydrogen) atoms. The third-order valence-corrected chi connectivity index (χ3v) is 1.13. The average molecular weight is 199 g/mol. The first-order valence-corrected chi connectivity index (χ1v) is 2.87. The van der Waals surface area contributed by atoms with Gasteiger partial charge in [-0.3, -0.25) is 0 Å². The van der Waals surface area contributed by atoms with Crippen molar-refractivity contribution in [2.24, 2.45) is 0 Å². The summed E-state index contributed by atoms with van der Waals surface area (Å²) in [5, 5.41) is 17.5. The molecule has 0 aromatic heterocycles. The molecule has 0 unspecified atom stereocenters. The van der Waals surface area contributed by atoms with Crippen molar-refractivity contribution in [1.82, 2.24) is 0 Å². The van der Waals surface area contributed by atoms with Crippen LogP contribution in [0.15, 0.2) is 0 Å². The number of rotatable bonds is 0. The second-order valence-electron chi connectivity index (χ2n) is 1.87. The Bertz CT molecular complexity index is 122. The average Bonchev–Trinajstić information content (AvgIpc) is 1.82. The summed E-state index contributed by atoms with van der Waals surface area (Å²) in [4.78, 5) is 0. The van der Waals surface area contributed by atoms with Crippen LogP contribution in [0.3, 0.4) is 0 Å². The minimum absolute atomic E-state index is 0. The van der Waals surface area contributed by atoms with Gasteiger partial charge in [0.1, 0.15) is 0 Å². The van der Waals surface area contributed by atoms with Gasteiger partial charge in [-0.2, -0.15) is 0 Å². The zero-order chi connectivity index (χ0) is 7.84. The Hall–Kier alpha value is 0.940. The fourth-order valence-electron chi connectivity index (χ4n) is 0.728. The normalized spacial score (nSPS) is 20.8. The monoisotopic (exact) mass is 200 g/mol. The van der Waals surface area contributed by atoms with E-state index >= 15 is 0 Å². The van der Waals surface area contributed by atoms with E-state index in [0.717, 1.165) is 0 Å². The minimum atomic E-state index is -1.45. The van der Waals surface area contributed by atoms with Crippen LogP contribution in [0.1, 0.15) is 0 Å². The van der Waals surface area contributed by atoms with Crippen molar-refractivity contribution in [1.29, 1.82) is 0 Å². The van der Waals surface area contributed by atoms with Crippen LogP contribution >= 0.6 is 0 Å². The molecule has 2 saturated heterocycles. The van der Waals surface area contributed by atoms with Crippen molar-refractivity contribution in [3.8, 4) is 0 Å². The Morgan fingerprint density at radius 1 is 0.692 bits per heavy atom. The van der Waals surface area contributed by atoms with Crippen LogP contribution in [0, 0.1) is 0 Å². The van der Waals surface area contributed by atoms with E-state index in [1.807, 2.05) is 0 Å². The summed E-state index contributed by atoms with van der Waals surface area (Å²) in [6, 6.07) is 0. The summed E-state index contributed by atoms with van der Waals surface area (Å²) in [5.41, 5.74) is 0. The fraction of sp³-hybridized carbons (Fsp3) is 0. The fourth-order valence-corrected chi connectivity index (χ4v) is 0.728. The summed E-state index contributed by atoms with van der Waals surface area (Å²) in [7, 11) is -5.20. The van der Waals surface area contributed by atoms with E-state index in [1.165, 1.54) is 0 Å². The van der Waals surface area contributed by atoms with E-state index in [9.17, 15) is 0 Å². The summed E-state index contributed by atoms with van der Waals surface area (Å²) in [6.45, 7) is 0. The van der Waals surface area contributed by atoms with Gasteiger partial charge in [-0.15, -0.1) is 0 Å². The van der Waals surface area contributed by atoms with Crippen molar-refractivity contribution in [2.75, 3.05) is 0 Å². The molecule has 2 aliphatic heterocycles. The summed E-state index contributed by atoms with van der Waals surface area (Å²) in [6.07, 6.45) is 0. The van der Waals surface area contributed by atoms with Crippen LogP contribution < -0.4 is 0 Å². The van der Waals surface area contributed by atoms with E-state index in [2.05, 4.69) is 22.9 Å². The first kappa shape index (κ1) is 13.9. The zero-order valence-corrected chi connectivity index (χ0v) is 5.75. The van der Waals surface area contributed by atoms with Crippen LogP contribution in [0.25, 0.3) is 0 Å². The topological polar surface area (TPSA) is 118 Å². The van der Waals surface area contributed by atoms with Gasteiger partial charge >= 0.3 is 58.8 Å². The Morgan fingerprint density at radius 2 is 1.00 bits per heavy atom. The number of fused-ring (bicyclic) bond motifs is 2. The van der Waals surface area contributed by atoms with Gasteiger partial charge in [0.15, 0.2) is 0 Å². The molecule has 66 valence electrons. The predicted octanol–water partition coefficient (Wildman–Crippen LogP) is -4.45. The van der Waals surface area contributed by atoms with Crippen molar-refractivity contribution in [3.63, 3.8) is 0 Å². The molecule has 0 radical (unpaired) electrons. The Kier molecular flexibility index (Phi) is 6.15. The van der Waals surface area contributed by atoms with Gasteiger partial charge in [0, 0.05) is 0 Å². The van der Waals surface area contributed by atoms with E-state index < -0.39 is 29.3 Å². The van der Waals surface area contributed by atoms with Crippen LogP contribution in [0.2, 0.25) is 0 Å². The maximum absolute atomic E-state index is 8.74. The van der Waals surface area contributed by atoms with Gasteiger partial charge in [0.05, 0.1) is 0 Å². The van der Waals surface area contributed by atoms with Crippen LogP contribution in [0.5, 0.6) is 0 Å². The molecule has 0 amide bonds. The van der Waals surface area contributed by atoms with Crippen molar-refractivity contribution in [3.05, 3.63) is 0 Å². The van der Waals surface area contributed by atoms with Crippen LogP contribution in [-0.2, 0) is 22.9 Å². The zero-order valence-electron chi connectivity index (χ0n) is 5.75. The van der Waals surface area contributed by atoms with Gasteiger partial charge in [-0.05, 0) is 0 Å². The Morgan fingerprint density at radius 3 is 1.31 bits per heavy atom. The molecule has 0 atom stereocenters. The van der Waals surface area contributed by atoms with Gasteiger partial charge in [-0.1, -0.05) is 0 Å². The molecule has 8 nitrogen and oxygen atoms in total. The molecule has 4 N–H and O–H groups in total. The van der Waals surface area contributed by atoms with Crippen LogP contribution in [-0.4, -0.2) is 74.4 Å². The van der Waals surface area contributed by atoms with E-state index in [1.54, 1.807) is 0 Å². The first-order chi connectivity index (χ1) is 5.24. The quantitative estimate of drug-likeness (QED) is 0.378. The third-order valence-electron chi connectivity index (χ3n) is 1.13.